The summed E-state index contributed by atoms with van der Waals surface area (Å²) < 4.78 is 0. The molecule has 1 aliphatic rings. The minimum Gasteiger partial charge on any atom is -0.507 e. The van der Waals surface area contributed by atoms with Gasteiger partial charge in [0.25, 0.3) is 0 Å². The molecule has 0 radical (unpaired) electrons. The Kier molecular flexibility index (Phi) is 25.6. The molecule has 0 unspecified atom stereocenters. The monoisotopic (exact) mass is 1010 g/mol. The standard InChI is InChI=1S/C68H104N4O2/c1-11-15-19-23-27-35-43-71(44-36-28-24-20-16-12-2)55-47-53(65(73)61(49-55)67(5,6)7)51-69-63-59-41-33-31-39-57(59)58-40-32-34-42-60(58)64(63)70-52-54-48-56(50-62(66(54)74)68(8,9)10)72(45-37-29-25-21-17-13-3)46-38-30-26-22-18-14-4/h31-34,39-42,47-52,63-64,73-74H,11-30,35-38,43-46H2,1-10H3/t63-,64-/m1/s1. The van der Waals surface area contributed by atoms with Crippen LogP contribution in [0.4, 0.5) is 11.4 Å². The van der Waals surface area contributed by atoms with Crippen LogP contribution >= 0.6 is 0 Å². The fourth-order valence-corrected chi connectivity index (χ4v) is 11.0. The lowest BCUT2D eigenvalue weighted by Gasteiger charge is -2.32. The Balaban J connectivity index is 1.58. The van der Waals surface area contributed by atoms with Gasteiger partial charge in [-0.1, -0.05) is 246 Å². The molecule has 0 aliphatic heterocycles. The van der Waals surface area contributed by atoms with Crippen LogP contribution in [0.2, 0.25) is 0 Å². The number of anilines is 2. The van der Waals surface area contributed by atoms with Crippen molar-refractivity contribution < 1.29 is 10.2 Å². The maximum absolute atomic E-state index is 12.3. The number of unbranched alkanes of at least 4 members (excludes halogenated alkanes) is 20. The van der Waals surface area contributed by atoms with Crippen LogP contribution in [-0.2, 0) is 10.8 Å². The van der Waals surface area contributed by atoms with Crippen molar-refractivity contribution in [3.8, 4) is 22.6 Å². The molecule has 0 heterocycles. The lowest BCUT2D eigenvalue weighted by molar-refractivity contribution is 0.445. The van der Waals surface area contributed by atoms with Gasteiger partial charge in [-0.15, -0.1) is 0 Å². The third kappa shape index (κ3) is 18.3. The molecule has 5 rings (SSSR count). The summed E-state index contributed by atoms with van der Waals surface area (Å²) in [5.74, 6) is 0.605. The molecule has 2 N–H and O–H groups in total. The molecule has 0 spiro atoms. The molecule has 0 amide bonds. The molecular formula is C68H104N4O2. The molecular weight excluding hydrogens is 905 g/mol. The average molecular weight is 1010 g/mol. The van der Waals surface area contributed by atoms with Gasteiger partial charge in [0.1, 0.15) is 23.6 Å². The highest BCUT2D eigenvalue weighted by molar-refractivity contribution is 5.89. The van der Waals surface area contributed by atoms with Crippen molar-refractivity contribution in [1.29, 1.82) is 0 Å². The number of rotatable bonds is 34. The Morgan fingerprint density at radius 2 is 0.689 bits per heavy atom. The van der Waals surface area contributed by atoms with E-state index in [1.165, 1.54) is 165 Å². The molecule has 4 aromatic rings. The van der Waals surface area contributed by atoms with Crippen LogP contribution in [0, 0.1) is 0 Å². The third-order valence-corrected chi connectivity index (χ3v) is 15.6. The SMILES string of the molecule is CCCCCCCCN(CCCCCCCC)c1cc(C=N[C@@H]2c3ccccc3-c3ccccc3[C@H]2N=Cc2cc(N(CCCCCCCC)CCCCCCCC)cc(C(C)(C)C)c2O)c(O)c(C(C)(C)C)c1. The van der Waals surface area contributed by atoms with Crippen molar-refractivity contribution in [2.45, 2.75) is 246 Å². The van der Waals surface area contributed by atoms with Gasteiger partial charge in [0.15, 0.2) is 0 Å². The van der Waals surface area contributed by atoms with Gasteiger partial charge in [-0.25, -0.2) is 0 Å². The Bertz CT molecular complexity index is 2100. The van der Waals surface area contributed by atoms with Crippen LogP contribution in [0.1, 0.15) is 269 Å². The number of nitrogens with zero attached hydrogens (tertiary/aromatic N) is 4. The van der Waals surface area contributed by atoms with E-state index in [1.54, 1.807) is 0 Å². The number of hydrogen-bond acceptors (Lipinski definition) is 6. The van der Waals surface area contributed by atoms with Gasteiger partial charge in [0, 0.05) is 72.2 Å². The second-order valence-electron chi connectivity index (χ2n) is 24.0. The number of aromatic hydroxyl groups is 2. The fraction of sp³-hybridized carbons (Fsp3) is 0.618. The van der Waals surface area contributed by atoms with Gasteiger partial charge in [0.05, 0.1) is 0 Å². The van der Waals surface area contributed by atoms with Crippen LogP contribution in [0.25, 0.3) is 11.1 Å². The summed E-state index contributed by atoms with van der Waals surface area (Å²) in [7, 11) is 0. The lowest BCUT2D eigenvalue weighted by Crippen LogP contribution is -2.27. The van der Waals surface area contributed by atoms with Crippen molar-refractivity contribution in [3.63, 3.8) is 0 Å². The van der Waals surface area contributed by atoms with Gasteiger partial charge in [0.2, 0.25) is 0 Å². The van der Waals surface area contributed by atoms with E-state index in [1.807, 2.05) is 12.4 Å². The molecule has 0 bridgehead atoms. The van der Waals surface area contributed by atoms with Gasteiger partial charge in [-0.05, 0) is 83.0 Å². The first-order valence-corrected chi connectivity index (χ1v) is 30.2. The Morgan fingerprint density at radius 1 is 0.405 bits per heavy atom. The van der Waals surface area contributed by atoms with Gasteiger partial charge in [-0.3, -0.25) is 9.98 Å². The number of benzene rings is 4. The number of fused-ring (bicyclic) bond motifs is 3. The predicted molar refractivity (Wildman–Crippen MR) is 324 cm³/mol. The summed E-state index contributed by atoms with van der Waals surface area (Å²) in [5, 5.41) is 24.5. The predicted octanol–water partition coefficient (Wildman–Crippen LogP) is 19.7. The van der Waals surface area contributed by atoms with Crippen molar-refractivity contribution in [3.05, 3.63) is 106 Å². The second-order valence-corrected chi connectivity index (χ2v) is 24.0. The Hall–Kier alpha value is -4.58. The minimum absolute atomic E-state index is 0.279. The zero-order valence-electron chi connectivity index (χ0n) is 48.7. The van der Waals surface area contributed by atoms with Crippen LogP contribution in [0.5, 0.6) is 11.5 Å². The first kappa shape index (κ1) is 60.3. The minimum atomic E-state index is -0.370. The molecule has 0 saturated heterocycles. The fourth-order valence-electron chi connectivity index (χ4n) is 11.0. The summed E-state index contributed by atoms with van der Waals surface area (Å²) in [6.45, 7) is 26.4. The van der Waals surface area contributed by atoms with Crippen molar-refractivity contribution in [2.75, 3.05) is 36.0 Å². The molecule has 0 saturated carbocycles. The van der Waals surface area contributed by atoms with Crippen LogP contribution in [0.3, 0.4) is 0 Å². The molecule has 1 aliphatic carbocycles. The largest absolute Gasteiger partial charge is 0.507 e. The molecule has 6 heteroatoms. The number of phenols is 2. The zero-order valence-corrected chi connectivity index (χ0v) is 48.7. The van der Waals surface area contributed by atoms with E-state index in [4.69, 9.17) is 9.98 Å². The topological polar surface area (TPSA) is 71.7 Å². The molecule has 2 atom stereocenters. The highest BCUT2D eigenvalue weighted by Gasteiger charge is 2.33. The van der Waals surface area contributed by atoms with Gasteiger partial charge < -0.3 is 20.0 Å². The lowest BCUT2D eigenvalue weighted by atomic mass is 9.79. The smallest absolute Gasteiger partial charge is 0.128 e. The maximum atomic E-state index is 12.3. The summed E-state index contributed by atoms with van der Waals surface area (Å²) in [4.78, 5) is 16.3. The normalized spacial score (nSPS) is 14.8. The summed E-state index contributed by atoms with van der Waals surface area (Å²) in [6.07, 6.45) is 34.2. The molecule has 4 aromatic carbocycles. The summed E-state index contributed by atoms with van der Waals surface area (Å²) >= 11 is 0. The van der Waals surface area contributed by atoms with E-state index in [0.29, 0.717) is 11.5 Å². The van der Waals surface area contributed by atoms with Crippen LogP contribution in [-0.4, -0.2) is 48.8 Å². The van der Waals surface area contributed by atoms with E-state index in [0.717, 1.165) is 70.7 Å². The maximum Gasteiger partial charge on any atom is 0.128 e. The van der Waals surface area contributed by atoms with E-state index >= 15 is 0 Å². The van der Waals surface area contributed by atoms with E-state index < -0.39 is 0 Å². The van der Waals surface area contributed by atoms with Crippen LogP contribution < -0.4 is 9.80 Å². The number of aliphatic imine (C=N–C) groups is 2. The first-order chi connectivity index (χ1) is 35.7. The van der Waals surface area contributed by atoms with Crippen molar-refractivity contribution >= 4 is 23.8 Å². The molecule has 6 nitrogen and oxygen atoms in total. The van der Waals surface area contributed by atoms with Gasteiger partial charge in [-0.2, -0.15) is 0 Å². The first-order valence-electron chi connectivity index (χ1n) is 30.2. The van der Waals surface area contributed by atoms with Crippen molar-refractivity contribution in [1.82, 2.24) is 0 Å². The molecule has 0 fully saturated rings. The molecule has 74 heavy (non-hydrogen) atoms. The van der Waals surface area contributed by atoms with Crippen molar-refractivity contribution in [2.24, 2.45) is 9.98 Å². The Labute approximate surface area is 453 Å². The Morgan fingerprint density at radius 3 is 0.986 bits per heavy atom. The van der Waals surface area contributed by atoms with E-state index in [2.05, 4.69) is 152 Å². The molecule has 408 valence electrons. The van der Waals surface area contributed by atoms with Gasteiger partial charge >= 0.3 is 0 Å². The van der Waals surface area contributed by atoms with E-state index in [-0.39, 0.29) is 22.9 Å². The highest BCUT2D eigenvalue weighted by atomic mass is 16.3. The number of phenolic OH excluding ortho intramolecular Hbond substituents is 2. The second kappa shape index (κ2) is 31.5. The summed E-state index contributed by atoms with van der Waals surface area (Å²) in [6, 6.07) is 25.5. The average Bonchev–Trinajstić information content (AvgIpc) is 3.38. The quantitative estimate of drug-likeness (QED) is 0.0361. The van der Waals surface area contributed by atoms with E-state index in [9.17, 15) is 10.2 Å². The third-order valence-electron chi connectivity index (χ3n) is 15.6. The number of hydrogen-bond donors (Lipinski definition) is 2. The highest BCUT2D eigenvalue weighted by Crippen LogP contribution is 2.49. The zero-order chi connectivity index (χ0) is 53.4. The summed E-state index contributed by atoms with van der Waals surface area (Å²) in [5.41, 5.74) is 9.73. The molecule has 0 aromatic heterocycles. The van der Waals surface area contributed by atoms with Crippen LogP contribution in [0.15, 0.2) is 82.8 Å².